The van der Waals surface area contributed by atoms with E-state index in [-0.39, 0.29) is 17.4 Å². The molecule has 0 saturated heterocycles. The van der Waals surface area contributed by atoms with Gasteiger partial charge in [0.2, 0.25) is 0 Å². The topological polar surface area (TPSA) is 58.6 Å². The number of ether oxygens (including phenoxy) is 1. The van der Waals surface area contributed by atoms with Crippen molar-refractivity contribution >= 4 is 11.8 Å². The van der Waals surface area contributed by atoms with Crippen LogP contribution >= 0.6 is 0 Å². The van der Waals surface area contributed by atoms with Crippen molar-refractivity contribution < 1.29 is 14.3 Å². The maximum Gasteiger partial charge on any atom is 0.272 e. The van der Waals surface area contributed by atoms with Crippen molar-refractivity contribution in [1.29, 1.82) is 0 Å². The SMILES string of the molecule is Cc1cc(C)cc(C(=O)N(NC(=O)c2ccc(C)c3c2CC(C)(C)O3)C(C)(C)C)c1. The molecule has 0 radical (unpaired) electrons. The predicted molar refractivity (Wildman–Crippen MR) is 119 cm³/mol. The molecule has 5 heteroatoms. The molecule has 0 spiro atoms. The summed E-state index contributed by atoms with van der Waals surface area (Å²) in [5, 5.41) is 1.43. The van der Waals surface area contributed by atoms with E-state index in [1.165, 1.54) is 5.01 Å². The monoisotopic (exact) mass is 408 g/mol. The van der Waals surface area contributed by atoms with E-state index in [4.69, 9.17) is 4.74 Å². The Kier molecular flexibility index (Phi) is 5.44. The van der Waals surface area contributed by atoms with Gasteiger partial charge in [0.05, 0.1) is 5.54 Å². The molecule has 160 valence electrons. The smallest absolute Gasteiger partial charge is 0.272 e. The molecule has 3 rings (SSSR count). The Morgan fingerprint density at radius 3 is 2.20 bits per heavy atom. The number of nitrogens with zero attached hydrogens (tertiary/aromatic N) is 1. The Bertz CT molecular complexity index is 996. The van der Waals surface area contributed by atoms with Crippen LogP contribution in [0.4, 0.5) is 0 Å². The number of nitrogens with one attached hydrogen (secondary N) is 1. The summed E-state index contributed by atoms with van der Waals surface area (Å²) in [6.45, 7) is 15.6. The molecule has 5 nitrogen and oxygen atoms in total. The van der Waals surface area contributed by atoms with Gasteiger partial charge in [0.1, 0.15) is 11.4 Å². The molecular formula is C25H32N2O3. The molecule has 0 aliphatic carbocycles. The number of hydrogen-bond donors (Lipinski definition) is 1. The van der Waals surface area contributed by atoms with Gasteiger partial charge in [-0.1, -0.05) is 23.3 Å². The highest BCUT2D eigenvalue weighted by atomic mass is 16.5. The fourth-order valence-corrected chi connectivity index (χ4v) is 3.93. The van der Waals surface area contributed by atoms with Crippen LogP contribution in [0.3, 0.4) is 0 Å². The third-order valence-electron chi connectivity index (χ3n) is 5.24. The quantitative estimate of drug-likeness (QED) is 0.718. The minimum atomic E-state index is -0.603. The highest BCUT2D eigenvalue weighted by Crippen LogP contribution is 2.39. The third kappa shape index (κ3) is 4.35. The number of benzene rings is 2. The molecule has 2 amide bonds. The van der Waals surface area contributed by atoms with Crippen LogP contribution in [0.2, 0.25) is 0 Å². The van der Waals surface area contributed by atoms with Crippen LogP contribution in [0.5, 0.6) is 5.75 Å². The fourth-order valence-electron chi connectivity index (χ4n) is 3.93. The molecular weight excluding hydrogens is 376 g/mol. The van der Waals surface area contributed by atoms with E-state index in [0.29, 0.717) is 17.5 Å². The Balaban J connectivity index is 1.95. The van der Waals surface area contributed by atoms with Crippen LogP contribution in [0, 0.1) is 20.8 Å². The van der Waals surface area contributed by atoms with E-state index >= 15 is 0 Å². The van der Waals surface area contributed by atoms with E-state index in [1.807, 2.05) is 85.7 Å². The number of carbonyl (C=O) groups is 2. The zero-order valence-corrected chi connectivity index (χ0v) is 19.3. The summed E-state index contributed by atoms with van der Waals surface area (Å²) in [5.74, 6) is 0.235. The lowest BCUT2D eigenvalue weighted by Gasteiger charge is -2.35. The van der Waals surface area contributed by atoms with Crippen molar-refractivity contribution in [3.63, 3.8) is 0 Å². The van der Waals surface area contributed by atoms with Crippen LogP contribution in [0.25, 0.3) is 0 Å². The van der Waals surface area contributed by atoms with Crippen LogP contribution in [-0.2, 0) is 6.42 Å². The Hall–Kier alpha value is -2.82. The number of carbonyl (C=O) groups excluding carboxylic acids is 2. The molecule has 1 heterocycles. The molecule has 0 fully saturated rings. The molecule has 30 heavy (non-hydrogen) atoms. The molecule has 0 saturated carbocycles. The van der Waals surface area contributed by atoms with Gasteiger partial charge in [0, 0.05) is 23.1 Å². The number of hydrazine groups is 1. The highest BCUT2D eigenvalue weighted by Gasteiger charge is 2.36. The molecule has 2 aromatic rings. The van der Waals surface area contributed by atoms with Crippen molar-refractivity contribution in [3.8, 4) is 5.75 Å². The van der Waals surface area contributed by atoms with Crippen molar-refractivity contribution in [2.24, 2.45) is 0 Å². The van der Waals surface area contributed by atoms with Gasteiger partial charge in [0.15, 0.2) is 0 Å². The normalized spacial score (nSPS) is 14.7. The Morgan fingerprint density at radius 2 is 1.63 bits per heavy atom. The summed E-state index contributed by atoms with van der Waals surface area (Å²) in [6, 6.07) is 9.42. The first-order valence-electron chi connectivity index (χ1n) is 10.3. The summed E-state index contributed by atoms with van der Waals surface area (Å²) in [6.07, 6.45) is 0.646. The zero-order valence-electron chi connectivity index (χ0n) is 19.3. The maximum atomic E-state index is 13.3. The van der Waals surface area contributed by atoms with E-state index < -0.39 is 5.54 Å². The number of aryl methyl sites for hydroxylation is 3. The summed E-state index contributed by atoms with van der Waals surface area (Å²) >= 11 is 0. The van der Waals surface area contributed by atoms with Gasteiger partial charge in [-0.25, -0.2) is 5.01 Å². The molecule has 1 N–H and O–H groups in total. The summed E-state index contributed by atoms with van der Waals surface area (Å²) in [5.41, 5.74) is 6.93. The molecule has 0 bridgehead atoms. The number of hydrogen-bond acceptors (Lipinski definition) is 3. The molecule has 0 aromatic heterocycles. The predicted octanol–water partition coefficient (Wildman–Crippen LogP) is 4.91. The number of fused-ring (bicyclic) bond motifs is 1. The first-order valence-corrected chi connectivity index (χ1v) is 10.3. The van der Waals surface area contributed by atoms with Gasteiger partial charge >= 0.3 is 0 Å². The third-order valence-corrected chi connectivity index (χ3v) is 5.24. The van der Waals surface area contributed by atoms with Crippen molar-refractivity contribution in [1.82, 2.24) is 10.4 Å². The second-order valence-electron chi connectivity index (χ2n) is 9.90. The zero-order chi connectivity index (χ0) is 22.4. The van der Waals surface area contributed by atoms with Gasteiger partial charge in [-0.2, -0.15) is 0 Å². The highest BCUT2D eigenvalue weighted by molar-refractivity contribution is 6.01. The summed E-state index contributed by atoms with van der Waals surface area (Å²) < 4.78 is 6.07. The Morgan fingerprint density at radius 1 is 1.03 bits per heavy atom. The largest absolute Gasteiger partial charge is 0.487 e. The van der Waals surface area contributed by atoms with Crippen molar-refractivity contribution in [3.05, 3.63) is 63.7 Å². The molecule has 0 atom stereocenters. The number of rotatable bonds is 2. The molecule has 1 aliphatic rings. The van der Waals surface area contributed by atoms with Crippen LogP contribution in [0.1, 0.15) is 77.6 Å². The maximum absolute atomic E-state index is 13.3. The van der Waals surface area contributed by atoms with E-state index in [2.05, 4.69) is 5.43 Å². The van der Waals surface area contributed by atoms with Crippen LogP contribution in [0.15, 0.2) is 30.3 Å². The van der Waals surface area contributed by atoms with Crippen molar-refractivity contribution in [2.45, 2.75) is 73.0 Å². The van der Waals surface area contributed by atoms with E-state index in [9.17, 15) is 9.59 Å². The van der Waals surface area contributed by atoms with E-state index in [1.54, 1.807) is 0 Å². The van der Waals surface area contributed by atoms with Gasteiger partial charge in [-0.3, -0.25) is 15.0 Å². The molecule has 2 aromatic carbocycles. The van der Waals surface area contributed by atoms with Gasteiger partial charge in [-0.15, -0.1) is 0 Å². The first-order chi connectivity index (χ1) is 13.8. The van der Waals surface area contributed by atoms with Gasteiger partial charge < -0.3 is 4.74 Å². The van der Waals surface area contributed by atoms with E-state index in [0.717, 1.165) is 28.0 Å². The molecule has 0 unspecified atom stereocenters. The average Bonchev–Trinajstić information content (AvgIpc) is 2.93. The lowest BCUT2D eigenvalue weighted by molar-refractivity contribution is 0.0358. The lowest BCUT2D eigenvalue weighted by atomic mass is 9.95. The second-order valence-corrected chi connectivity index (χ2v) is 9.90. The number of amides is 2. The second kappa shape index (κ2) is 7.46. The fraction of sp³-hybridized carbons (Fsp3) is 0.440. The lowest BCUT2D eigenvalue weighted by Crippen LogP contribution is -2.56. The van der Waals surface area contributed by atoms with Crippen LogP contribution in [-0.4, -0.2) is 28.0 Å². The summed E-state index contributed by atoms with van der Waals surface area (Å²) in [4.78, 5) is 26.6. The Labute approximate surface area is 179 Å². The van der Waals surface area contributed by atoms with Gasteiger partial charge in [-0.05, 0) is 79.2 Å². The minimum Gasteiger partial charge on any atom is -0.487 e. The minimum absolute atomic E-state index is 0.233. The average molecular weight is 409 g/mol. The van der Waals surface area contributed by atoms with Crippen LogP contribution < -0.4 is 10.2 Å². The van der Waals surface area contributed by atoms with Gasteiger partial charge in [0.25, 0.3) is 11.8 Å². The first kappa shape index (κ1) is 21.9. The standard InChI is InChI=1S/C25H32N2O3/c1-15-11-16(2)13-18(12-15)23(29)27(24(4,5)6)26-22(28)19-10-9-17(3)21-20(19)14-25(7,8)30-21/h9-13H,14H2,1-8H3,(H,26,28). The molecule has 1 aliphatic heterocycles. The summed E-state index contributed by atoms with van der Waals surface area (Å²) in [7, 11) is 0. The van der Waals surface area contributed by atoms with Crippen molar-refractivity contribution in [2.75, 3.05) is 0 Å².